The van der Waals surface area contributed by atoms with Crippen molar-refractivity contribution in [1.82, 2.24) is 14.8 Å². The van der Waals surface area contributed by atoms with E-state index < -0.39 is 0 Å². The summed E-state index contributed by atoms with van der Waals surface area (Å²) in [6.07, 6.45) is 11.3. The minimum absolute atomic E-state index is 0.126. The molecule has 6 rings (SSSR count). The number of fused-ring (bicyclic) bond motifs is 7. The molecule has 168 valence electrons. The zero-order valence-corrected chi connectivity index (χ0v) is 18.7. The number of rotatable bonds is 2. The van der Waals surface area contributed by atoms with Crippen LogP contribution in [-0.4, -0.2) is 59.5 Å². The number of carbonyl (C=O) groups excluding carboxylic acids is 1. The normalized spacial score (nSPS) is 29.8. The van der Waals surface area contributed by atoms with Crippen molar-refractivity contribution in [3.8, 4) is 5.75 Å². The Bertz CT molecular complexity index is 1150. The Morgan fingerprint density at radius 3 is 2.97 bits per heavy atom. The lowest BCUT2D eigenvalue weighted by Crippen LogP contribution is -2.60. The van der Waals surface area contributed by atoms with Gasteiger partial charge in [-0.2, -0.15) is 0 Å². The number of nitrogens with zero attached hydrogens (tertiary/aromatic N) is 2. The monoisotopic (exact) mass is 433 g/mol. The molecule has 6 heteroatoms. The van der Waals surface area contributed by atoms with Gasteiger partial charge in [0.2, 0.25) is 5.43 Å². The topological polar surface area (TPSA) is 65.6 Å². The summed E-state index contributed by atoms with van der Waals surface area (Å²) in [5, 5.41) is 0.530. The minimum Gasteiger partial charge on any atom is -0.497 e. The molecule has 1 amide bonds. The molecule has 0 saturated carbocycles. The quantitative estimate of drug-likeness (QED) is 0.736. The number of amides is 1. The fraction of sp³-hybridized carbons (Fsp3) is 0.538. The van der Waals surface area contributed by atoms with Crippen LogP contribution in [0.15, 0.2) is 40.8 Å². The molecule has 0 unspecified atom stereocenters. The summed E-state index contributed by atoms with van der Waals surface area (Å²) in [6, 6.07) is 6.15. The molecule has 1 aromatic carbocycles. The van der Waals surface area contributed by atoms with Gasteiger partial charge in [-0.05, 0) is 62.6 Å². The van der Waals surface area contributed by atoms with Crippen molar-refractivity contribution in [1.29, 1.82) is 0 Å². The van der Waals surface area contributed by atoms with E-state index in [4.69, 9.17) is 4.74 Å². The van der Waals surface area contributed by atoms with Crippen molar-refractivity contribution in [2.24, 2.45) is 11.8 Å². The van der Waals surface area contributed by atoms with E-state index in [1.54, 1.807) is 31.5 Å². The number of benzene rings is 1. The van der Waals surface area contributed by atoms with Crippen LogP contribution in [0.4, 0.5) is 0 Å². The SMILES string of the molecule is COc1ccc2c(=O)c(C(=O)N3CCCC4=C[C@H]5C[C@@H](CN6CCCC[C@H]56)[C@H]43)c[nH]c2c1. The molecule has 4 aliphatic rings. The second kappa shape index (κ2) is 7.77. The summed E-state index contributed by atoms with van der Waals surface area (Å²) >= 11 is 0. The van der Waals surface area contributed by atoms with E-state index in [1.165, 1.54) is 37.8 Å². The molecule has 0 radical (unpaired) electrons. The summed E-state index contributed by atoms with van der Waals surface area (Å²) in [5.41, 5.74) is 2.18. The number of hydrogen-bond acceptors (Lipinski definition) is 4. The molecule has 2 bridgehead atoms. The van der Waals surface area contributed by atoms with Crippen molar-refractivity contribution in [2.75, 3.05) is 26.7 Å². The van der Waals surface area contributed by atoms with Crippen molar-refractivity contribution in [2.45, 2.75) is 50.6 Å². The number of piperidine rings is 3. The summed E-state index contributed by atoms with van der Waals surface area (Å²) in [7, 11) is 1.60. The van der Waals surface area contributed by atoms with E-state index >= 15 is 0 Å². The van der Waals surface area contributed by atoms with Gasteiger partial charge in [-0.15, -0.1) is 0 Å². The van der Waals surface area contributed by atoms with Crippen LogP contribution in [0.2, 0.25) is 0 Å². The fourth-order valence-corrected chi connectivity index (χ4v) is 6.84. The van der Waals surface area contributed by atoms with Gasteiger partial charge < -0.3 is 14.6 Å². The highest BCUT2D eigenvalue weighted by Crippen LogP contribution is 2.45. The smallest absolute Gasteiger partial charge is 0.259 e. The summed E-state index contributed by atoms with van der Waals surface area (Å²) < 4.78 is 5.26. The van der Waals surface area contributed by atoms with E-state index in [9.17, 15) is 9.59 Å². The Kier molecular flexibility index (Phi) is 4.86. The zero-order valence-electron chi connectivity index (χ0n) is 18.7. The van der Waals surface area contributed by atoms with Gasteiger partial charge >= 0.3 is 0 Å². The number of nitrogens with one attached hydrogen (secondary N) is 1. The second-order valence-corrected chi connectivity index (χ2v) is 9.95. The van der Waals surface area contributed by atoms with Crippen LogP contribution < -0.4 is 10.2 Å². The van der Waals surface area contributed by atoms with Gasteiger partial charge in [0, 0.05) is 36.8 Å². The Labute approximate surface area is 188 Å². The van der Waals surface area contributed by atoms with Crippen LogP contribution in [-0.2, 0) is 0 Å². The Hall–Kier alpha value is -2.60. The molecular formula is C26H31N3O3. The summed E-state index contributed by atoms with van der Waals surface area (Å²) in [5.74, 6) is 1.67. The number of hydrogen-bond donors (Lipinski definition) is 1. The molecule has 1 N–H and O–H groups in total. The van der Waals surface area contributed by atoms with Crippen molar-refractivity contribution >= 4 is 16.8 Å². The van der Waals surface area contributed by atoms with E-state index in [-0.39, 0.29) is 22.9 Å². The molecule has 1 aromatic heterocycles. The first-order valence-corrected chi connectivity index (χ1v) is 12.1. The van der Waals surface area contributed by atoms with Crippen molar-refractivity contribution < 1.29 is 9.53 Å². The average molecular weight is 434 g/mol. The summed E-state index contributed by atoms with van der Waals surface area (Å²) in [4.78, 5) is 34.8. The predicted octanol–water partition coefficient (Wildman–Crippen LogP) is 3.57. The predicted molar refractivity (Wildman–Crippen MR) is 124 cm³/mol. The number of pyridine rings is 1. The lowest BCUT2D eigenvalue weighted by molar-refractivity contribution is 0.00143. The second-order valence-electron chi connectivity index (χ2n) is 9.95. The molecule has 4 heterocycles. The maximum Gasteiger partial charge on any atom is 0.259 e. The Morgan fingerprint density at radius 1 is 1.19 bits per heavy atom. The van der Waals surface area contributed by atoms with Gasteiger partial charge in [0.05, 0.1) is 18.7 Å². The molecule has 3 aliphatic heterocycles. The molecule has 3 fully saturated rings. The van der Waals surface area contributed by atoms with Gasteiger partial charge in [0.25, 0.3) is 5.91 Å². The molecule has 32 heavy (non-hydrogen) atoms. The number of carbonyl (C=O) groups is 1. The van der Waals surface area contributed by atoms with Crippen molar-refractivity contribution in [3.05, 3.63) is 51.8 Å². The van der Waals surface area contributed by atoms with E-state index in [1.807, 2.05) is 4.90 Å². The minimum atomic E-state index is -0.198. The first-order valence-electron chi connectivity index (χ1n) is 12.1. The highest BCUT2D eigenvalue weighted by molar-refractivity contribution is 5.97. The van der Waals surface area contributed by atoms with Gasteiger partial charge in [-0.25, -0.2) is 0 Å². The number of H-pyrrole nitrogens is 1. The highest BCUT2D eigenvalue weighted by Gasteiger charge is 2.47. The van der Waals surface area contributed by atoms with Crippen LogP contribution in [0.5, 0.6) is 5.75 Å². The zero-order chi connectivity index (χ0) is 21.8. The lowest BCUT2D eigenvalue weighted by Gasteiger charge is -2.54. The molecule has 0 spiro atoms. The Balaban J connectivity index is 1.35. The number of aromatic amines is 1. The largest absolute Gasteiger partial charge is 0.497 e. The van der Waals surface area contributed by atoms with Crippen LogP contribution >= 0.6 is 0 Å². The van der Waals surface area contributed by atoms with E-state index in [0.29, 0.717) is 34.5 Å². The van der Waals surface area contributed by atoms with Gasteiger partial charge in [0.1, 0.15) is 11.3 Å². The van der Waals surface area contributed by atoms with Crippen LogP contribution in [0.3, 0.4) is 0 Å². The number of likely N-dealkylation sites (tertiary alicyclic amines) is 1. The molecule has 6 nitrogen and oxygen atoms in total. The van der Waals surface area contributed by atoms with Gasteiger partial charge in [0.15, 0.2) is 0 Å². The fourth-order valence-electron chi connectivity index (χ4n) is 6.84. The first-order chi connectivity index (χ1) is 15.6. The molecule has 1 aliphatic carbocycles. The third-order valence-electron chi connectivity index (χ3n) is 8.24. The molecular weight excluding hydrogens is 402 g/mol. The van der Waals surface area contributed by atoms with E-state index in [2.05, 4.69) is 16.0 Å². The first kappa shape index (κ1) is 20.0. The van der Waals surface area contributed by atoms with Gasteiger partial charge in [-0.1, -0.05) is 18.1 Å². The van der Waals surface area contributed by atoms with Crippen molar-refractivity contribution in [3.63, 3.8) is 0 Å². The van der Waals surface area contributed by atoms with Crippen LogP contribution in [0, 0.1) is 11.8 Å². The van der Waals surface area contributed by atoms with Crippen LogP contribution in [0.25, 0.3) is 10.9 Å². The summed E-state index contributed by atoms with van der Waals surface area (Å²) in [6.45, 7) is 3.00. The average Bonchev–Trinajstić information content (AvgIpc) is 2.83. The third-order valence-corrected chi connectivity index (χ3v) is 8.24. The molecule has 2 aromatic rings. The standard InChI is InChI=1S/C26H31N3O3/c1-32-19-7-8-20-22(13-19)27-14-21(25(20)30)26(31)29-10-4-5-16-11-17-12-18(24(16)29)15-28-9-3-2-6-23(17)28/h7-8,11,13-14,17-18,23-24H,2-6,9-10,12,15H2,1H3,(H,27,30)/t17-,18-,23+,24-/m0/s1. The number of ether oxygens (including phenoxy) is 1. The molecule has 4 atom stereocenters. The maximum atomic E-state index is 13.7. The number of aromatic nitrogens is 1. The Morgan fingerprint density at radius 2 is 2.09 bits per heavy atom. The third kappa shape index (κ3) is 3.11. The lowest BCUT2D eigenvalue weighted by atomic mass is 9.68. The van der Waals surface area contributed by atoms with E-state index in [0.717, 1.165) is 25.9 Å². The number of methoxy groups -OCH3 is 1. The maximum absolute atomic E-state index is 13.7. The van der Waals surface area contributed by atoms with Crippen LogP contribution in [0.1, 0.15) is 48.9 Å². The molecule has 3 saturated heterocycles. The highest BCUT2D eigenvalue weighted by atomic mass is 16.5. The van der Waals surface area contributed by atoms with Gasteiger partial charge in [-0.3, -0.25) is 14.5 Å².